The van der Waals surface area contributed by atoms with Crippen molar-refractivity contribution in [2.45, 2.75) is 25.0 Å². The van der Waals surface area contributed by atoms with Crippen molar-refractivity contribution in [3.63, 3.8) is 0 Å². The Labute approximate surface area is 131 Å². The van der Waals surface area contributed by atoms with Crippen LogP contribution in [0.4, 0.5) is 5.69 Å². The van der Waals surface area contributed by atoms with Crippen LogP contribution in [0.5, 0.6) is 5.75 Å². The first-order valence-electron chi connectivity index (χ1n) is 6.14. The van der Waals surface area contributed by atoms with Crippen LogP contribution < -0.4 is 9.46 Å². The number of nitrogens with zero attached hydrogens (tertiary/aromatic N) is 3. The van der Waals surface area contributed by atoms with E-state index in [9.17, 15) is 8.42 Å². The van der Waals surface area contributed by atoms with Gasteiger partial charge in [-0.1, -0.05) is 5.21 Å². The molecule has 0 spiro atoms. The van der Waals surface area contributed by atoms with E-state index in [0.29, 0.717) is 11.4 Å². The Morgan fingerprint density at radius 2 is 1.90 bits per heavy atom. The molecule has 0 aliphatic rings. The molecule has 0 amide bonds. The molecular weight excluding hydrogens is 360 g/mol. The van der Waals surface area contributed by atoms with Gasteiger partial charge in [-0.3, -0.25) is 4.72 Å². The van der Waals surface area contributed by atoms with Gasteiger partial charge in [0.2, 0.25) is 5.03 Å². The molecule has 0 aliphatic carbocycles. The topological polar surface area (TPSA) is 86.1 Å². The molecular formula is C12H15BrN4O3S. The Bertz CT molecular complexity index is 706. The van der Waals surface area contributed by atoms with E-state index < -0.39 is 10.0 Å². The summed E-state index contributed by atoms with van der Waals surface area (Å²) in [5.74, 6) is 0.677. The van der Waals surface area contributed by atoms with Gasteiger partial charge in [0.1, 0.15) is 5.75 Å². The lowest BCUT2D eigenvalue weighted by Crippen LogP contribution is -2.17. The second-order valence-corrected chi connectivity index (χ2v) is 6.95. The van der Waals surface area contributed by atoms with Crippen molar-refractivity contribution < 1.29 is 13.2 Å². The minimum absolute atomic E-state index is 0.0370. The zero-order chi connectivity index (χ0) is 15.6. The van der Waals surface area contributed by atoms with E-state index in [4.69, 9.17) is 4.74 Å². The molecule has 7 nitrogen and oxygen atoms in total. The monoisotopic (exact) mass is 374 g/mol. The largest absolute Gasteiger partial charge is 0.491 e. The number of ether oxygens (including phenoxy) is 1. The van der Waals surface area contributed by atoms with Crippen molar-refractivity contribution in [2.24, 2.45) is 7.05 Å². The van der Waals surface area contributed by atoms with Crippen LogP contribution in [-0.2, 0) is 17.1 Å². The van der Waals surface area contributed by atoms with Crippen molar-refractivity contribution in [1.82, 2.24) is 15.0 Å². The van der Waals surface area contributed by atoms with Crippen molar-refractivity contribution in [3.05, 3.63) is 28.9 Å². The van der Waals surface area contributed by atoms with Crippen molar-refractivity contribution in [3.8, 4) is 5.75 Å². The molecule has 0 saturated carbocycles. The summed E-state index contributed by atoms with van der Waals surface area (Å²) in [5, 5.41) is 7.28. The number of anilines is 1. The summed E-state index contributed by atoms with van der Waals surface area (Å²) in [7, 11) is -2.26. The van der Waals surface area contributed by atoms with Crippen LogP contribution in [0, 0.1) is 0 Å². The Morgan fingerprint density at radius 1 is 1.29 bits per heavy atom. The number of aryl methyl sites for hydroxylation is 1. The first kappa shape index (κ1) is 15.8. The second-order valence-electron chi connectivity index (χ2n) is 4.61. The zero-order valence-electron chi connectivity index (χ0n) is 11.7. The van der Waals surface area contributed by atoms with E-state index in [2.05, 4.69) is 31.0 Å². The molecule has 0 radical (unpaired) electrons. The maximum absolute atomic E-state index is 12.3. The lowest BCUT2D eigenvalue weighted by molar-refractivity contribution is 0.242. The lowest BCUT2D eigenvalue weighted by Gasteiger charge is -2.11. The van der Waals surface area contributed by atoms with E-state index in [1.807, 2.05) is 13.8 Å². The van der Waals surface area contributed by atoms with Crippen molar-refractivity contribution in [2.75, 3.05) is 4.72 Å². The Balaban J connectivity index is 2.21. The Morgan fingerprint density at radius 3 is 2.38 bits per heavy atom. The highest BCUT2D eigenvalue weighted by Crippen LogP contribution is 2.23. The standard InChI is InChI=1S/C12H15BrN4O3S/c1-8(2)20-10-6-4-9(5-7-10)15-21(18,19)12-11(13)14-16-17(12)3/h4-8,15H,1-3H3. The predicted octanol–water partition coefficient (Wildman–Crippen LogP) is 2.17. The van der Waals surface area contributed by atoms with Gasteiger partial charge in [0.25, 0.3) is 10.0 Å². The molecule has 0 atom stereocenters. The molecule has 1 N–H and O–H groups in total. The van der Waals surface area contributed by atoms with Crippen LogP contribution in [0.25, 0.3) is 0 Å². The normalized spacial score (nSPS) is 11.7. The summed E-state index contributed by atoms with van der Waals surface area (Å²) in [6.07, 6.45) is 0.0593. The molecule has 1 aromatic carbocycles. The van der Waals surface area contributed by atoms with Gasteiger partial charge < -0.3 is 4.74 Å². The van der Waals surface area contributed by atoms with Crippen LogP contribution in [-0.4, -0.2) is 29.5 Å². The number of hydrogen-bond acceptors (Lipinski definition) is 5. The molecule has 2 aromatic rings. The number of aromatic nitrogens is 3. The smallest absolute Gasteiger partial charge is 0.281 e. The number of benzene rings is 1. The molecule has 0 bridgehead atoms. The lowest BCUT2D eigenvalue weighted by atomic mass is 10.3. The van der Waals surface area contributed by atoms with Crippen LogP contribution in [0.3, 0.4) is 0 Å². The Kier molecular flexibility index (Phi) is 4.52. The maximum Gasteiger partial charge on any atom is 0.281 e. The number of hydrogen-bond donors (Lipinski definition) is 1. The molecule has 1 heterocycles. The third kappa shape index (κ3) is 3.73. The fourth-order valence-electron chi connectivity index (χ4n) is 1.69. The molecule has 114 valence electrons. The third-order valence-electron chi connectivity index (χ3n) is 2.47. The fraction of sp³-hybridized carbons (Fsp3) is 0.333. The molecule has 9 heteroatoms. The summed E-state index contributed by atoms with van der Waals surface area (Å²) in [4.78, 5) is 0. The predicted molar refractivity (Wildman–Crippen MR) is 81.7 cm³/mol. The molecule has 1 aromatic heterocycles. The van der Waals surface area contributed by atoms with E-state index in [-0.39, 0.29) is 15.7 Å². The zero-order valence-corrected chi connectivity index (χ0v) is 14.1. The minimum Gasteiger partial charge on any atom is -0.491 e. The average molecular weight is 375 g/mol. The van der Waals surface area contributed by atoms with Crippen LogP contribution >= 0.6 is 15.9 Å². The summed E-state index contributed by atoms with van der Waals surface area (Å²) in [6.45, 7) is 3.84. The third-order valence-corrected chi connectivity index (χ3v) is 4.74. The van der Waals surface area contributed by atoms with Gasteiger partial charge in [0, 0.05) is 12.7 Å². The summed E-state index contributed by atoms with van der Waals surface area (Å²) in [5.41, 5.74) is 0.430. The van der Waals surface area contributed by atoms with E-state index in [1.165, 1.54) is 11.7 Å². The van der Waals surface area contributed by atoms with Gasteiger partial charge in [-0.15, -0.1) is 5.10 Å². The molecule has 2 rings (SSSR count). The second kappa shape index (κ2) is 6.02. The molecule has 21 heavy (non-hydrogen) atoms. The van der Waals surface area contributed by atoms with Crippen molar-refractivity contribution in [1.29, 1.82) is 0 Å². The number of sulfonamides is 1. The summed E-state index contributed by atoms with van der Waals surface area (Å²) in [6, 6.07) is 6.67. The first-order chi connectivity index (χ1) is 9.79. The van der Waals surface area contributed by atoms with Crippen LogP contribution in [0.2, 0.25) is 0 Å². The fourth-order valence-corrected chi connectivity index (χ4v) is 3.84. The molecule has 0 saturated heterocycles. The van der Waals surface area contributed by atoms with Gasteiger partial charge in [-0.2, -0.15) is 8.42 Å². The van der Waals surface area contributed by atoms with E-state index in [0.717, 1.165) is 0 Å². The number of rotatable bonds is 5. The summed E-state index contributed by atoms with van der Waals surface area (Å²) >= 11 is 3.07. The highest BCUT2D eigenvalue weighted by molar-refractivity contribution is 9.10. The van der Waals surface area contributed by atoms with Crippen LogP contribution in [0.1, 0.15) is 13.8 Å². The highest BCUT2D eigenvalue weighted by Gasteiger charge is 2.23. The number of nitrogens with one attached hydrogen (secondary N) is 1. The van der Waals surface area contributed by atoms with Gasteiger partial charge in [0.15, 0.2) is 4.60 Å². The molecule has 0 aliphatic heterocycles. The highest BCUT2D eigenvalue weighted by atomic mass is 79.9. The first-order valence-corrected chi connectivity index (χ1v) is 8.42. The van der Waals surface area contributed by atoms with Gasteiger partial charge in [-0.05, 0) is 54.0 Å². The van der Waals surface area contributed by atoms with Gasteiger partial charge in [0.05, 0.1) is 6.10 Å². The van der Waals surface area contributed by atoms with E-state index >= 15 is 0 Å². The molecule has 0 unspecified atom stereocenters. The Hall–Kier alpha value is -1.61. The molecule has 0 fully saturated rings. The van der Waals surface area contributed by atoms with Crippen molar-refractivity contribution >= 4 is 31.6 Å². The van der Waals surface area contributed by atoms with Crippen LogP contribution in [0.15, 0.2) is 33.9 Å². The van der Waals surface area contributed by atoms with E-state index in [1.54, 1.807) is 24.3 Å². The summed E-state index contributed by atoms with van der Waals surface area (Å²) < 4.78 is 33.9. The van der Waals surface area contributed by atoms with Gasteiger partial charge in [-0.25, -0.2) is 4.68 Å². The maximum atomic E-state index is 12.3. The number of halogens is 1. The quantitative estimate of drug-likeness (QED) is 0.866. The van der Waals surface area contributed by atoms with Gasteiger partial charge >= 0.3 is 0 Å². The SMILES string of the molecule is CC(C)Oc1ccc(NS(=O)(=O)c2c(Br)nnn2C)cc1. The minimum atomic E-state index is -3.77. The average Bonchev–Trinajstić information content (AvgIpc) is 2.71.